The molecule has 1 fully saturated rings. The Bertz CT molecular complexity index is 389. The van der Waals surface area contributed by atoms with E-state index in [1.54, 1.807) is 0 Å². The molecule has 0 saturated heterocycles. The van der Waals surface area contributed by atoms with E-state index in [2.05, 4.69) is 0 Å². The first-order valence-corrected chi connectivity index (χ1v) is 4.89. The summed E-state index contributed by atoms with van der Waals surface area (Å²) in [5.41, 5.74) is 5.61. The lowest BCUT2D eigenvalue weighted by molar-refractivity contribution is -0.137. The molecule has 2 unspecified atom stereocenters. The molecule has 15 heavy (non-hydrogen) atoms. The van der Waals surface area contributed by atoms with Crippen LogP contribution >= 0.6 is 11.6 Å². The summed E-state index contributed by atoms with van der Waals surface area (Å²) >= 11 is 5.57. The maximum atomic E-state index is 12.4. The zero-order chi connectivity index (χ0) is 11.2. The van der Waals surface area contributed by atoms with E-state index >= 15 is 0 Å². The Morgan fingerprint density at radius 3 is 2.33 bits per heavy atom. The van der Waals surface area contributed by atoms with Gasteiger partial charge in [0.1, 0.15) is 0 Å². The van der Waals surface area contributed by atoms with Gasteiger partial charge in [-0.15, -0.1) is 0 Å². The number of halogens is 4. The fourth-order valence-corrected chi connectivity index (χ4v) is 1.89. The molecule has 2 N–H and O–H groups in total. The lowest BCUT2D eigenvalue weighted by Gasteiger charge is -2.09. The highest BCUT2D eigenvalue weighted by Crippen LogP contribution is 2.42. The van der Waals surface area contributed by atoms with Crippen molar-refractivity contribution in [3.63, 3.8) is 0 Å². The van der Waals surface area contributed by atoms with E-state index in [1.807, 2.05) is 0 Å². The van der Waals surface area contributed by atoms with Crippen LogP contribution in [0.25, 0.3) is 0 Å². The van der Waals surface area contributed by atoms with Crippen LogP contribution < -0.4 is 5.73 Å². The third-order valence-corrected chi connectivity index (χ3v) is 2.88. The summed E-state index contributed by atoms with van der Waals surface area (Å²) in [5.74, 6) is 0.171. The van der Waals surface area contributed by atoms with Gasteiger partial charge < -0.3 is 5.73 Å². The van der Waals surface area contributed by atoms with Crippen molar-refractivity contribution in [2.45, 2.75) is 24.6 Å². The molecular formula is C10H9ClF3N. The van der Waals surface area contributed by atoms with Crippen LogP contribution in [0.1, 0.15) is 23.5 Å². The minimum atomic E-state index is -4.39. The SMILES string of the molecule is NC1CC1c1ccc(C(F)(F)F)c(Cl)c1. The van der Waals surface area contributed by atoms with Gasteiger partial charge in [0.15, 0.2) is 0 Å². The highest BCUT2D eigenvalue weighted by Gasteiger charge is 2.37. The molecule has 5 heteroatoms. The Morgan fingerprint density at radius 2 is 1.93 bits per heavy atom. The molecule has 82 valence electrons. The Labute approximate surface area is 90.0 Å². The van der Waals surface area contributed by atoms with Gasteiger partial charge in [0.25, 0.3) is 0 Å². The molecule has 0 amide bonds. The largest absolute Gasteiger partial charge is 0.417 e. The van der Waals surface area contributed by atoms with E-state index in [4.69, 9.17) is 17.3 Å². The van der Waals surface area contributed by atoms with Crippen molar-refractivity contribution in [2.75, 3.05) is 0 Å². The second-order valence-corrected chi connectivity index (χ2v) is 4.15. The molecule has 1 aromatic carbocycles. The molecule has 0 aromatic heterocycles. The van der Waals surface area contributed by atoms with Gasteiger partial charge >= 0.3 is 6.18 Å². The number of rotatable bonds is 1. The number of hydrogen-bond donors (Lipinski definition) is 1. The van der Waals surface area contributed by atoms with Gasteiger partial charge in [-0.3, -0.25) is 0 Å². The fourth-order valence-electron chi connectivity index (χ4n) is 1.59. The molecule has 1 aliphatic rings. The van der Waals surface area contributed by atoms with Crippen molar-refractivity contribution >= 4 is 11.6 Å². The second kappa shape index (κ2) is 3.39. The Balaban J connectivity index is 2.31. The van der Waals surface area contributed by atoms with Crippen LogP contribution in [0.5, 0.6) is 0 Å². The average molecular weight is 236 g/mol. The van der Waals surface area contributed by atoms with Crippen LogP contribution in [0.15, 0.2) is 18.2 Å². The van der Waals surface area contributed by atoms with Crippen molar-refractivity contribution in [1.82, 2.24) is 0 Å². The predicted octanol–water partition coefficient (Wildman–Crippen LogP) is 3.17. The molecule has 0 spiro atoms. The van der Waals surface area contributed by atoms with Crippen LogP contribution in [0.3, 0.4) is 0 Å². The van der Waals surface area contributed by atoms with Crippen molar-refractivity contribution in [2.24, 2.45) is 5.73 Å². The van der Waals surface area contributed by atoms with Crippen LogP contribution in [0, 0.1) is 0 Å². The molecule has 1 aliphatic carbocycles. The summed E-state index contributed by atoms with van der Waals surface area (Å²) in [4.78, 5) is 0. The molecule has 1 saturated carbocycles. The normalized spacial score (nSPS) is 25.4. The van der Waals surface area contributed by atoms with Crippen LogP contribution in [-0.2, 0) is 6.18 Å². The zero-order valence-electron chi connectivity index (χ0n) is 7.68. The first kappa shape index (κ1) is 10.8. The van der Waals surface area contributed by atoms with Crippen molar-refractivity contribution in [1.29, 1.82) is 0 Å². The van der Waals surface area contributed by atoms with E-state index in [9.17, 15) is 13.2 Å². The number of hydrogen-bond acceptors (Lipinski definition) is 1. The first-order valence-electron chi connectivity index (χ1n) is 4.52. The minimum Gasteiger partial charge on any atom is -0.327 e. The van der Waals surface area contributed by atoms with Gasteiger partial charge in [0, 0.05) is 12.0 Å². The molecule has 0 heterocycles. The fraction of sp³-hybridized carbons (Fsp3) is 0.400. The smallest absolute Gasteiger partial charge is 0.327 e. The van der Waals surface area contributed by atoms with Gasteiger partial charge in [0.2, 0.25) is 0 Å². The summed E-state index contributed by atoms with van der Waals surface area (Å²) in [6.07, 6.45) is -3.57. The van der Waals surface area contributed by atoms with E-state index in [0.717, 1.165) is 18.1 Å². The summed E-state index contributed by atoms with van der Waals surface area (Å²) in [6.45, 7) is 0. The van der Waals surface area contributed by atoms with Crippen LogP contribution in [-0.4, -0.2) is 6.04 Å². The number of benzene rings is 1. The predicted molar refractivity (Wildman–Crippen MR) is 51.8 cm³/mol. The third-order valence-electron chi connectivity index (χ3n) is 2.57. The molecule has 2 rings (SSSR count). The third kappa shape index (κ3) is 2.11. The number of alkyl halides is 3. The lowest BCUT2D eigenvalue weighted by atomic mass is 10.1. The van der Waals surface area contributed by atoms with Crippen LogP contribution in [0.4, 0.5) is 13.2 Å². The van der Waals surface area contributed by atoms with E-state index in [1.165, 1.54) is 12.1 Å². The van der Waals surface area contributed by atoms with Crippen molar-refractivity contribution in [3.8, 4) is 0 Å². The second-order valence-electron chi connectivity index (χ2n) is 3.74. The maximum Gasteiger partial charge on any atom is 0.417 e. The summed E-state index contributed by atoms with van der Waals surface area (Å²) in [7, 11) is 0. The van der Waals surface area contributed by atoms with Gasteiger partial charge in [-0.2, -0.15) is 13.2 Å². The topological polar surface area (TPSA) is 26.0 Å². The van der Waals surface area contributed by atoms with Crippen molar-refractivity contribution in [3.05, 3.63) is 34.3 Å². The average Bonchev–Trinajstić information content (AvgIpc) is 2.80. The van der Waals surface area contributed by atoms with Gasteiger partial charge in [-0.25, -0.2) is 0 Å². The highest BCUT2D eigenvalue weighted by atomic mass is 35.5. The standard InChI is InChI=1S/C10H9ClF3N/c11-8-3-5(6-4-9(6)15)1-2-7(8)10(12,13)14/h1-3,6,9H,4,15H2. The molecule has 1 aromatic rings. The Hall–Kier alpha value is -0.740. The monoisotopic (exact) mass is 235 g/mol. The lowest BCUT2D eigenvalue weighted by Crippen LogP contribution is -2.06. The minimum absolute atomic E-state index is 0.0674. The van der Waals surface area contributed by atoms with Gasteiger partial charge in [0.05, 0.1) is 10.6 Å². The van der Waals surface area contributed by atoms with Crippen molar-refractivity contribution < 1.29 is 13.2 Å². The van der Waals surface area contributed by atoms with Gasteiger partial charge in [-0.05, 0) is 24.1 Å². The molecule has 0 aliphatic heterocycles. The molecule has 1 nitrogen and oxygen atoms in total. The quantitative estimate of drug-likeness (QED) is 0.795. The summed E-state index contributed by atoms with van der Waals surface area (Å²) < 4.78 is 37.1. The maximum absolute atomic E-state index is 12.4. The molecule has 0 radical (unpaired) electrons. The van der Waals surface area contributed by atoms with E-state index in [0.29, 0.717) is 0 Å². The Morgan fingerprint density at radius 1 is 1.33 bits per heavy atom. The molecule has 0 bridgehead atoms. The zero-order valence-corrected chi connectivity index (χ0v) is 8.44. The number of nitrogens with two attached hydrogens (primary N) is 1. The van der Waals surface area contributed by atoms with E-state index < -0.39 is 11.7 Å². The Kier molecular flexibility index (Phi) is 2.43. The van der Waals surface area contributed by atoms with Crippen LogP contribution in [0.2, 0.25) is 5.02 Å². The first-order chi connectivity index (χ1) is 6.89. The van der Waals surface area contributed by atoms with Gasteiger partial charge in [-0.1, -0.05) is 17.7 Å². The van der Waals surface area contributed by atoms with E-state index in [-0.39, 0.29) is 17.0 Å². The highest BCUT2D eigenvalue weighted by molar-refractivity contribution is 6.31. The summed E-state index contributed by atoms with van der Waals surface area (Å²) in [6, 6.07) is 3.90. The molecular weight excluding hydrogens is 227 g/mol. The molecule has 2 atom stereocenters. The summed E-state index contributed by atoms with van der Waals surface area (Å²) in [5, 5.41) is -0.251.